The van der Waals surface area contributed by atoms with Crippen LogP contribution >= 0.6 is 8.58 Å². The van der Waals surface area contributed by atoms with Gasteiger partial charge in [0.15, 0.2) is 0 Å². The van der Waals surface area contributed by atoms with Gasteiger partial charge in [-0.2, -0.15) is 0 Å². The van der Waals surface area contributed by atoms with Crippen LogP contribution in [0, 0.1) is 0 Å². The summed E-state index contributed by atoms with van der Waals surface area (Å²) in [6.45, 7) is 11.4. The van der Waals surface area contributed by atoms with Crippen LogP contribution < -0.4 is 5.43 Å². The van der Waals surface area contributed by atoms with E-state index in [4.69, 9.17) is 0 Å². The van der Waals surface area contributed by atoms with Crippen molar-refractivity contribution < 1.29 is 0 Å². The van der Waals surface area contributed by atoms with Crippen molar-refractivity contribution >= 4 is 8.58 Å². The Bertz CT molecular complexity index is 291. The molecule has 0 saturated heterocycles. The summed E-state index contributed by atoms with van der Waals surface area (Å²) in [6.07, 6.45) is 10.1. The fraction of sp³-hybridized carbons (Fsp3) is 0.875. The molecule has 0 aromatic heterocycles. The highest BCUT2D eigenvalue weighted by molar-refractivity contribution is 7.42. The van der Waals surface area contributed by atoms with Crippen LogP contribution in [0.3, 0.4) is 0 Å². The van der Waals surface area contributed by atoms with Gasteiger partial charge in [-0.25, -0.2) is 0 Å². The van der Waals surface area contributed by atoms with Crippen LogP contribution in [0.1, 0.15) is 72.6 Å². The Kier molecular flexibility index (Phi) is 9.30. The lowest BCUT2D eigenvalue weighted by atomic mass is 10.2. The highest BCUT2D eigenvalue weighted by Crippen LogP contribution is 2.34. The van der Waals surface area contributed by atoms with Crippen molar-refractivity contribution in [1.29, 1.82) is 0 Å². The van der Waals surface area contributed by atoms with Crippen LogP contribution in [-0.2, 0) is 0 Å². The molecule has 0 aromatic rings. The molecule has 20 heavy (non-hydrogen) atoms. The maximum absolute atomic E-state index is 3.70. The van der Waals surface area contributed by atoms with Gasteiger partial charge in [0.1, 0.15) is 0 Å². The van der Waals surface area contributed by atoms with E-state index in [1.807, 2.05) is 0 Å². The van der Waals surface area contributed by atoms with Crippen molar-refractivity contribution in [3.8, 4) is 0 Å². The van der Waals surface area contributed by atoms with Crippen molar-refractivity contribution in [3.05, 3.63) is 11.1 Å². The van der Waals surface area contributed by atoms with Crippen LogP contribution in [-0.4, -0.2) is 29.4 Å². The number of hydrogen-bond donors (Lipinski definition) is 1. The third-order valence-corrected chi connectivity index (χ3v) is 4.81. The number of hydrazine groups is 2. The molecule has 1 unspecified atom stereocenters. The van der Waals surface area contributed by atoms with Crippen molar-refractivity contribution in [2.24, 2.45) is 0 Å². The van der Waals surface area contributed by atoms with E-state index in [1.165, 1.54) is 63.1 Å². The van der Waals surface area contributed by atoms with E-state index in [0.717, 1.165) is 15.1 Å². The fourth-order valence-corrected chi connectivity index (χ4v) is 3.51. The van der Waals surface area contributed by atoms with Gasteiger partial charge in [0.05, 0.1) is 11.1 Å². The minimum atomic E-state index is 0.927. The van der Waals surface area contributed by atoms with Crippen LogP contribution in [0.25, 0.3) is 0 Å². The monoisotopic (exact) mass is 299 g/mol. The second-order valence-electron chi connectivity index (χ2n) is 5.52. The first-order valence-corrected chi connectivity index (χ1v) is 9.77. The van der Waals surface area contributed by atoms with Crippen LogP contribution in [0.5, 0.6) is 0 Å². The molecule has 0 fully saturated rings. The van der Waals surface area contributed by atoms with E-state index in [9.17, 15) is 0 Å². The van der Waals surface area contributed by atoms with Gasteiger partial charge in [0.2, 0.25) is 0 Å². The summed E-state index contributed by atoms with van der Waals surface area (Å²) in [4.78, 5) is 0. The van der Waals surface area contributed by atoms with Crippen LogP contribution in [0.2, 0.25) is 0 Å². The minimum absolute atomic E-state index is 0.927. The summed E-state index contributed by atoms with van der Waals surface area (Å²) in [5.74, 6) is 0. The molecular formula is C16H34N3P. The smallest absolute Gasteiger partial charge is 0.0683 e. The molecule has 4 heteroatoms. The molecule has 1 aliphatic rings. The summed E-state index contributed by atoms with van der Waals surface area (Å²) in [5, 5.41) is 4.94. The quantitative estimate of drug-likeness (QED) is 0.559. The van der Waals surface area contributed by atoms with Gasteiger partial charge < -0.3 is 0 Å². The maximum Gasteiger partial charge on any atom is 0.0683 e. The van der Waals surface area contributed by atoms with Crippen molar-refractivity contribution in [1.82, 2.24) is 15.6 Å². The molecule has 0 spiro atoms. The zero-order valence-electron chi connectivity index (χ0n) is 14.0. The van der Waals surface area contributed by atoms with E-state index < -0.39 is 0 Å². The van der Waals surface area contributed by atoms with Gasteiger partial charge in [-0.15, -0.1) is 5.12 Å². The minimum Gasteiger partial charge on any atom is -0.299 e. The van der Waals surface area contributed by atoms with E-state index in [-0.39, 0.29) is 0 Å². The molecule has 1 aliphatic heterocycles. The molecule has 118 valence electrons. The van der Waals surface area contributed by atoms with Crippen LogP contribution in [0.4, 0.5) is 0 Å². The lowest BCUT2D eigenvalue weighted by Gasteiger charge is -2.31. The Hall–Kier alpha value is -0.270. The first-order valence-electron chi connectivity index (χ1n) is 8.57. The van der Waals surface area contributed by atoms with Gasteiger partial charge in [-0.1, -0.05) is 55.5 Å². The summed E-state index contributed by atoms with van der Waals surface area (Å²) < 4.78 is 0. The molecule has 0 saturated carbocycles. The number of allylic oxidation sites excluding steroid dienone is 1. The molecule has 0 aliphatic carbocycles. The van der Waals surface area contributed by atoms with Gasteiger partial charge in [0, 0.05) is 13.1 Å². The molecule has 0 aromatic carbocycles. The Morgan fingerprint density at radius 1 is 0.900 bits per heavy atom. The van der Waals surface area contributed by atoms with Gasteiger partial charge >= 0.3 is 0 Å². The average Bonchev–Trinajstić information content (AvgIpc) is 2.78. The summed E-state index contributed by atoms with van der Waals surface area (Å²) in [7, 11) is 0.927. The highest BCUT2D eigenvalue weighted by Gasteiger charge is 2.27. The van der Waals surface area contributed by atoms with E-state index in [2.05, 4.69) is 43.2 Å². The molecule has 1 N–H and O–H groups in total. The third-order valence-electron chi connectivity index (χ3n) is 3.70. The molecule has 0 amide bonds. The zero-order valence-corrected chi connectivity index (χ0v) is 15.0. The molecule has 1 atom stereocenters. The predicted molar refractivity (Wildman–Crippen MR) is 91.8 cm³/mol. The molecule has 3 nitrogen and oxygen atoms in total. The first kappa shape index (κ1) is 17.8. The van der Waals surface area contributed by atoms with E-state index in [0.29, 0.717) is 0 Å². The van der Waals surface area contributed by atoms with Gasteiger partial charge in [-0.3, -0.25) is 10.4 Å². The number of hydrogen-bond acceptors (Lipinski definition) is 3. The van der Waals surface area contributed by atoms with Crippen molar-refractivity contribution in [2.45, 2.75) is 72.6 Å². The number of rotatable bonds is 11. The summed E-state index contributed by atoms with van der Waals surface area (Å²) in [6, 6.07) is 0. The van der Waals surface area contributed by atoms with Crippen molar-refractivity contribution in [2.75, 3.05) is 19.3 Å². The standard InChI is InChI=1S/C16H34N3P/c1-5-9-12-15-16(20-8-4)17-19(14-11-7-3)18(15)13-10-6-2/h17,20H,5-14H2,1-4H3. The highest BCUT2D eigenvalue weighted by atomic mass is 31.1. The fourth-order valence-electron chi connectivity index (χ4n) is 2.49. The third kappa shape index (κ3) is 5.26. The average molecular weight is 299 g/mol. The van der Waals surface area contributed by atoms with Crippen LogP contribution in [0.15, 0.2) is 11.1 Å². The second-order valence-corrected chi connectivity index (χ2v) is 7.08. The molecule has 0 radical (unpaired) electrons. The summed E-state index contributed by atoms with van der Waals surface area (Å²) in [5.41, 5.74) is 6.78. The zero-order chi connectivity index (χ0) is 14.8. The second kappa shape index (κ2) is 10.5. The summed E-state index contributed by atoms with van der Waals surface area (Å²) >= 11 is 0. The molecular weight excluding hydrogens is 265 g/mol. The predicted octanol–water partition coefficient (Wildman–Crippen LogP) is 4.68. The lowest BCUT2D eigenvalue weighted by Crippen LogP contribution is -2.44. The number of nitrogens with one attached hydrogen (secondary N) is 1. The Morgan fingerprint density at radius 2 is 1.55 bits per heavy atom. The normalized spacial score (nSPS) is 16.7. The Labute approximate surface area is 127 Å². The van der Waals surface area contributed by atoms with Gasteiger partial charge in [-0.05, 0) is 31.8 Å². The molecule has 0 bridgehead atoms. The van der Waals surface area contributed by atoms with Gasteiger partial charge in [0.25, 0.3) is 0 Å². The number of unbranched alkanes of at least 4 members (excludes halogenated alkanes) is 3. The SMILES string of the molecule is CCCCC1=C(PCC)NN(CCCC)N1CCCC. The molecule has 1 heterocycles. The number of nitrogens with zero attached hydrogens (tertiary/aromatic N) is 2. The molecule has 1 rings (SSSR count). The lowest BCUT2D eigenvalue weighted by molar-refractivity contribution is -0.00802. The van der Waals surface area contributed by atoms with E-state index in [1.54, 1.807) is 5.70 Å². The Morgan fingerprint density at radius 3 is 2.15 bits per heavy atom. The maximum atomic E-state index is 3.70. The topological polar surface area (TPSA) is 18.5 Å². The van der Waals surface area contributed by atoms with Crippen molar-refractivity contribution in [3.63, 3.8) is 0 Å². The Balaban J connectivity index is 2.76. The van der Waals surface area contributed by atoms with E-state index >= 15 is 0 Å². The first-order chi connectivity index (χ1) is 9.78. The largest absolute Gasteiger partial charge is 0.299 e.